The van der Waals surface area contributed by atoms with E-state index in [2.05, 4.69) is 275 Å². The summed E-state index contributed by atoms with van der Waals surface area (Å²) in [6, 6.07) is 91.7. The van der Waals surface area contributed by atoms with Crippen LogP contribution in [-0.2, 0) is 0 Å². The van der Waals surface area contributed by atoms with Crippen molar-refractivity contribution >= 4 is 161 Å². The normalized spacial score (nSPS) is 12.0. The smallest absolute Gasteiger partial charge is 0.0998 e. The first-order valence-electron chi connectivity index (χ1n) is 27.6. The molecule has 18 aromatic carbocycles. The van der Waals surface area contributed by atoms with Crippen molar-refractivity contribution in [1.82, 2.24) is 0 Å². The maximum Gasteiger partial charge on any atom is 0.0998 e. The largest absolute Gasteiger partial charge is 0.192 e. The molecule has 18 aromatic rings. The monoisotopic (exact) mass is 1160 g/mol. The summed E-state index contributed by atoms with van der Waals surface area (Å²) in [6.07, 6.45) is 0. The van der Waals surface area contributed by atoms with Gasteiger partial charge in [-0.05, 0) is 187 Å². The molecule has 0 atom stereocenters. The molecule has 0 aromatic heterocycles. The lowest BCUT2D eigenvalue weighted by Crippen LogP contribution is -1.87. The molecule has 0 heterocycles. The predicted octanol–water partition coefficient (Wildman–Crippen LogP) is 22.9. The summed E-state index contributed by atoms with van der Waals surface area (Å²) in [5.41, 5.74) is 11.3. The van der Waals surface area contributed by atoms with Crippen LogP contribution in [0, 0.1) is 22.7 Å². The van der Waals surface area contributed by atoms with Gasteiger partial charge in [0.1, 0.15) is 0 Å². The fourth-order valence-corrected chi connectivity index (χ4v) is 15.6. The van der Waals surface area contributed by atoms with Crippen molar-refractivity contribution < 1.29 is 0 Å². The van der Waals surface area contributed by atoms with Crippen LogP contribution in [0.1, 0.15) is 11.1 Å². The van der Waals surface area contributed by atoms with Gasteiger partial charge in [-0.25, -0.2) is 0 Å². The Kier molecular flexibility index (Phi) is 10.2. The minimum atomic E-state index is 0.716. The van der Waals surface area contributed by atoms with E-state index in [9.17, 15) is 10.5 Å². The van der Waals surface area contributed by atoms with Crippen molar-refractivity contribution in [1.29, 1.82) is 10.5 Å². The van der Waals surface area contributed by atoms with Crippen molar-refractivity contribution in [2.24, 2.45) is 0 Å². The molecule has 0 saturated carbocycles. The summed E-state index contributed by atoms with van der Waals surface area (Å²) in [5.74, 6) is 0. The van der Waals surface area contributed by atoms with Gasteiger partial charge in [-0.2, -0.15) is 10.5 Å². The zero-order valence-electron chi connectivity index (χ0n) is 43.7. The number of fused-ring (bicyclic) bond motifs is 12. The van der Waals surface area contributed by atoms with E-state index in [1.54, 1.807) is 0 Å². The summed E-state index contributed by atoms with van der Waals surface area (Å²) < 4.78 is 2.22. The van der Waals surface area contributed by atoms with Gasteiger partial charge in [0, 0.05) is 19.7 Å². The van der Waals surface area contributed by atoms with E-state index in [4.69, 9.17) is 0 Å². The van der Waals surface area contributed by atoms with Gasteiger partial charge in [0.05, 0.1) is 23.3 Å². The van der Waals surface area contributed by atoms with Crippen molar-refractivity contribution in [2.75, 3.05) is 0 Å². The van der Waals surface area contributed by atoms with Gasteiger partial charge in [0.25, 0.3) is 0 Å². The molecule has 18 rings (SSSR count). The Morgan fingerprint density at radius 1 is 0.195 bits per heavy atom. The third-order valence-corrected chi connectivity index (χ3v) is 19.1. The Morgan fingerprint density at radius 2 is 0.415 bits per heavy atom. The number of rotatable bonds is 4. The van der Waals surface area contributed by atoms with E-state index in [0.29, 0.717) is 11.1 Å². The molecule has 0 aliphatic heterocycles. The Bertz CT molecular complexity index is 5210. The first-order chi connectivity index (χ1) is 40.5. The van der Waals surface area contributed by atoms with Crippen LogP contribution in [0.2, 0.25) is 0 Å². The van der Waals surface area contributed by atoms with Crippen LogP contribution in [0.25, 0.3) is 174 Å². The molecule has 0 unspecified atom stereocenters. The van der Waals surface area contributed by atoms with Crippen molar-refractivity contribution in [3.63, 3.8) is 0 Å². The zero-order chi connectivity index (χ0) is 54.5. The highest BCUT2D eigenvalue weighted by atomic mass is 79.9. The Hall–Kier alpha value is -9.94. The average molecular weight is 1160 g/mol. The summed E-state index contributed by atoms with van der Waals surface area (Å²) >= 11 is 7.69. The zero-order valence-corrected chi connectivity index (χ0v) is 46.9. The Morgan fingerprint density at radius 3 is 0.683 bits per heavy atom. The summed E-state index contributed by atoms with van der Waals surface area (Å²) in [5, 5.41) is 49.6. The van der Waals surface area contributed by atoms with Gasteiger partial charge in [-0.3, -0.25) is 0 Å². The average Bonchev–Trinajstić information content (AvgIpc) is 2.74. The van der Waals surface area contributed by atoms with Gasteiger partial charge in [-0.15, -0.1) is 0 Å². The molecule has 0 spiro atoms. The van der Waals surface area contributed by atoms with Crippen molar-refractivity contribution in [3.05, 3.63) is 263 Å². The van der Waals surface area contributed by atoms with Gasteiger partial charge in [0.2, 0.25) is 0 Å². The van der Waals surface area contributed by atoms with Crippen LogP contribution >= 0.6 is 31.9 Å². The van der Waals surface area contributed by atoms with Gasteiger partial charge in [0.15, 0.2) is 0 Å². The lowest BCUT2D eigenvalue weighted by Gasteiger charge is -2.15. The molecule has 0 aliphatic carbocycles. The van der Waals surface area contributed by atoms with E-state index in [1.807, 2.05) is 12.1 Å². The SMILES string of the molecule is N#Cc1ccc2c3c(-c4ccccc4)c4c5ccc(Br)c6cccc(c4c(-c4ccccc4)c3c3cccc1c32)c65.N#Cc1ccc2c3c(-c4ccccc4)c4c5cccc6c(Br)ccc(c4c(-c4ccccc4)c3c3cccc1c32)c65. The quantitative estimate of drug-likeness (QED) is 0.176. The van der Waals surface area contributed by atoms with Gasteiger partial charge < -0.3 is 0 Å². The van der Waals surface area contributed by atoms with E-state index < -0.39 is 0 Å². The molecule has 0 fully saturated rings. The number of nitriles is 2. The second-order valence-corrected chi connectivity index (χ2v) is 23.3. The standard InChI is InChI=1S/2C39H20BrN/c40-31-20-19-30-35-26(31)14-8-16-28(35)37-33(23-11-5-2-6-12-23)38-29-18-17-24(21-41)25-13-7-15-27(34(25)29)36(38)32(39(30)37)22-9-3-1-4-10-22;40-31-20-19-30-35-26(31)14-8-16-28(35)37-32(22-9-3-1-4-10-22)36-27-15-7-13-25-24(21-41)17-18-29(34(25)27)38(36)33(39(30)37)23-11-5-2-6-12-23/h2*1-20H. The van der Waals surface area contributed by atoms with Crippen LogP contribution in [0.4, 0.5) is 0 Å². The highest BCUT2D eigenvalue weighted by molar-refractivity contribution is 9.11. The van der Waals surface area contributed by atoms with Crippen molar-refractivity contribution in [3.8, 4) is 56.6 Å². The maximum atomic E-state index is 10.0. The van der Waals surface area contributed by atoms with Gasteiger partial charge in [-0.1, -0.05) is 250 Å². The molecule has 2 nitrogen and oxygen atoms in total. The topological polar surface area (TPSA) is 47.6 Å². The number of halogens is 2. The minimum absolute atomic E-state index is 0.716. The third kappa shape index (κ3) is 6.31. The fourth-order valence-electron chi connectivity index (χ4n) is 14.6. The number of benzene rings is 14. The first-order valence-corrected chi connectivity index (χ1v) is 29.2. The maximum absolute atomic E-state index is 10.0. The summed E-state index contributed by atoms with van der Waals surface area (Å²) in [7, 11) is 0. The predicted molar refractivity (Wildman–Crippen MR) is 354 cm³/mol. The number of nitrogens with zero attached hydrogens (tertiary/aromatic N) is 2. The molecule has 0 aliphatic rings. The van der Waals surface area contributed by atoms with E-state index in [-0.39, 0.29) is 0 Å². The minimum Gasteiger partial charge on any atom is -0.192 e. The highest BCUT2D eigenvalue weighted by Crippen LogP contribution is 2.58. The highest BCUT2D eigenvalue weighted by Gasteiger charge is 2.30. The van der Waals surface area contributed by atoms with Gasteiger partial charge >= 0.3 is 0 Å². The lowest BCUT2D eigenvalue weighted by atomic mass is 9.87. The lowest BCUT2D eigenvalue weighted by molar-refractivity contribution is 1.51. The second-order valence-electron chi connectivity index (χ2n) is 21.6. The van der Waals surface area contributed by atoms with Crippen LogP contribution in [0.5, 0.6) is 0 Å². The molecule has 0 bridgehead atoms. The molecular weight excluding hydrogens is 1120 g/mol. The van der Waals surface area contributed by atoms with E-state index >= 15 is 0 Å². The molecule has 0 amide bonds. The molecule has 82 heavy (non-hydrogen) atoms. The first kappa shape index (κ1) is 46.9. The Balaban J connectivity index is 0.000000130. The third-order valence-electron chi connectivity index (χ3n) is 17.7. The second kappa shape index (κ2) is 17.8. The number of hydrogen-bond donors (Lipinski definition) is 0. The van der Waals surface area contributed by atoms with Crippen LogP contribution < -0.4 is 0 Å². The summed E-state index contributed by atoms with van der Waals surface area (Å²) in [4.78, 5) is 0. The molecule has 0 radical (unpaired) electrons. The van der Waals surface area contributed by atoms with E-state index in [1.165, 1.54) is 163 Å². The molecule has 0 N–H and O–H groups in total. The van der Waals surface area contributed by atoms with Crippen LogP contribution in [-0.4, -0.2) is 0 Å². The summed E-state index contributed by atoms with van der Waals surface area (Å²) in [6.45, 7) is 0. The van der Waals surface area contributed by atoms with Crippen molar-refractivity contribution in [2.45, 2.75) is 0 Å². The fraction of sp³-hybridized carbons (Fsp3) is 0. The molecular formula is C78H40Br2N2. The number of hydrogen-bond acceptors (Lipinski definition) is 2. The molecule has 0 saturated heterocycles. The van der Waals surface area contributed by atoms with Crippen LogP contribution in [0.3, 0.4) is 0 Å². The van der Waals surface area contributed by atoms with E-state index in [0.717, 1.165) is 19.7 Å². The molecule has 376 valence electrons. The molecule has 4 heteroatoms. The van der Waals surface area contributed by atoms with Crippen LogP contribution in [0.15, 0.2) is 252 Å². The Labute approximate surface area is 487 Å².